The third-order valence-electron chi connectivity index (χ3n) is 3.25. The number of hydrogen-bond donors (Lipinski definition) is 1. The summed E-state index contributed by atoms with van der Waals surface area (Å²) < 4.78 is 0. The minimum absolute atomic E-state index is 0.331. The molecule has 0 fully saturated rings. The van der Waals surface area contributed by atoms with Crippen molar-refractivity contribution in [3.05, 3.63) is 34.9 Å². The molecule has 0 aliphatic carbocycles. The molecule has 0 amide bonds. The Morgan fingerprint density at radius 3 is 2.94 bits per heavy atom. The van der Waals surface area contributed by atoms with Crippen molar-refractivity contribution in [3.8, 4) is 0 Å². The van der Waals surface area contributed by atoms with E-state index in [0.717, 1.165) is 5.71 Å². The summed E-state index contributed by atoms with van der Waals surface area (Å²) in [4.78, 5) is 0. The summed E-state index contributed by atoms with van der Waals surface area (Å²) >= 11 is 0. The minimum Gasteiger partial charge on any atom is -0.278 e. The molecular formula is C12H14N4. The SMILES string of the molecule is CC1=NN2C=NNC2(C)c2ccc(C)cc21. The molecule has 1 atom stereocenters. The second kappa shape index (κ2) is 2.84. The molecule has 0 radical (unpaired) electrons. The van der Waals surface area contributed by atoms with Crippen LogP contribution in [0.3, 0.4) is 0 Å². The lowest BCUT2D eigenvalue weighted by atomic mass is 9.91. The maximum Gasteiger partial charge on any atom is 0.171 e. The number of fused-ring (bicyclic) bond motifs is 3. The Bertz CT molecular complexity index is 518. The molecule has 1 unspecified atom stereocenters. The summed E-state index contributed by atoms with van der Waals surface area (Å²) in [7, 11) is 0. The summed E-state index contributed by atoms with van der Waals surface area (Å²) in [5, 5.41) is 10.5. The van der Waals surface area contributed by atoms with Gasteiger partial charge < -0.3 is 0 Å². The van der Waals surface area contributed by atoms with Gasteiger partial charge in [0.1, 0.15) is 6.34 Å². The number of benzene rings is 1. The average Bonchev–Trinajstić information content (AvgIpc) is 2.61. The predicted molar refractivity (Wildman–Crippen MR) is 64.2 cm³/mol. The van der Waals surface area contributed by atoms with E-state index in [0.29, 0.717) is 0 Å². The third kappa shape index (κ3) is 1.04. The van der Waals surface area contributed by atoms with Gasteiger partial charge in [0, 0.05) is 11.1 Å². The van der Waals surface area contributed by atoms with Gasteiger partial charge in [0.15, 0.2) is 5.66 Å². The summed E-state index contributed by atoms with van der Waals surface area (Å²) in [6.45, 7) is 6.22. The van der Waals surface area contributed by atoms with Gasteiger partial charge in [-0.2, -0.15) is 10.2 Å². The van der Waals surface area contributed by atoms with Gasteiger partial charge in [-0.25, -0.2) is 5.01 Å². The molecule has 2 aliphatic rings. The molecule has 1 aromatic carbocycles. The lowest BCUT2D eigenvalue weighted by Gasteiger charge is -2.36. The second-order valence-corrected chi connectivity index (χ2v) is 4.51. The lowest BCUT2D eigenvalue weighted by molar-refractivity contribution is 0.183. The molecule has 1 aromatic rings. The molecular weight excluding hydrogens is 200 g/mol. The first-order valence-electron chi connectivity index (χ1n) is 5.38. The van der Waals surface area contributed by atoms with Gasteiger partial charge in [-0.05, 0) is 26.8 Å². The van der Waals surface area contributed by atoms with E-state index >= 15 is 0 Å². The molecule has 2 aliphatic heterocycles. The molecule has 0 saturated heterocycles. The molecule has 4 nitrogen and oxygen atoms in total. The fourth-order valence-corrected chi connectivity index (χ4v) is 2.28. The van der Waals surface area contributed by atoms with Gasteiger partial charge in [-0.15, -0.1) is 0 Å². The van der Waals surface area contributed by atoms with E-state index in [-0.39, 0.29) is 5.66 Å². The van der Waals surface area contributed by atoms with Crippen molar-refractivity contribution in [2.45, 2.75) is 26.4 Å². The zero-order valence-corrected chi connectivity index (χ0v) is 9.65. The van der Waals surface area contributed by atoms with Crippen LogP contribution in [0.4, 0.5) is 0 Å². The Labute approximate surface area is 94.7 Å². The number of hydrazone groups is 2. The monoisotopic (exact) mass is 214 g/mol. The van der Waals surface area contributed by atoms with Crippen molar-refractivity contribution in [2.24, 2.45) is 10.2 Å². The Morgan fingerprint density at radius 2 is 2.12 bits per heavy atom. The fourth-order valence-electron chi connectivity index (χ4n) is 2.28. The van der Waals surface area contributed by atoms with Crippen LogP contribution in [0.2, 0.25) is 0 Å². The first-order chi connectivity index (χ1) is 7.61. The molecule has 0 bridgehead atoms. The van der Waals surface area contributed by atoms with Crippen molar-refractivity contribution >= 4 is 12.1 Å². The lowest BCUT2D eigenvalue weighted by Crippen LogP contribution is -2.47. The Balaban J connectivity index is 2.26. The zero-order valence-electron chi connectivity index (χ0n) is 9.65. The molecule has 82 valence electrons. The van der Waals surface area contributed by atoms with Crippen LogP contribution in [-0.2, 0) is 5.66 Å². The van der Waals surface area contributed by atoms with Crippen LogP contribution in [0.15, 0.2) is 28.4 Å². The van der Waals surface area contributed by atoms with Gasteiger partial charge in [-0.3, -0.25) is 5.43 Å². The Hall–Kier alpha value is -1.84. The minimum atomic E-state index is -0.331. The summed E-state index contributed by atoms with van der Waals surface area (Å²) in [5.74, 6) is 0. The van der Waals surface area contributed by atoms with Crippen LogP contribution in [0.25, 0.3) is 0 Å². The summed E-state index contributed by atoms with van der Waals surface area (Å²) in [6, 6.07) is 6.45. The summed E-state index contributed by atoms with van der Waals surface area (Å²) in [6.07, 6.45) is 1.73. The normalized spacial score (nSPS) is 25.9. The van der Waals surface area contributed by atoms with Crippen molar-refractivity contribution in [3.63, 3.8) is 0 Å². The molecule has 2 heterocycles. The van der Waals surface area contributed by atoms with E-state index in [1.54, 1.807) is 6.34 Å². The highest BCUT2D eigenvalue weighted by Crippen LogP contribution is 2.34. The van der Waals surface area contributed by atoms with Gasteiger partial charge in [-0.1, -0.05) is 17.7 Å². The largest absolute Gasteiger partial charge is 0.278 e. The standard InChI is InChI=1S/C12H14N4/c1-8-4-5-11-10(6-8)9(2)14-16-7-13-15-12(11,16)3/h4-7,15H,1-3H3. The topological polar surface area (TPSA) is 40.0 Å². The Morgan fingerprint density at radius 1 is 1.31 bits per heavy atom. The van der Waals surface area contributed by atoms with E-state index < -0.39 is 0 Å². The molecule has 3 rings (SSSR count). The highest BCUT2D eigenvalue weighted by Gasteiger charge is 2.41. The van der Waals surface area contributed by atoms with Crippen molar-refractivity contribution < 1.29 is 0 Å². The highest BCUT2D eigenvalue weighted by atomic mass is 15.7. The first kappa shape index (κ1) is 9.39. The third-order valence-corrected chi connectivity index (χ3v) is 3.25. The van der Waals surface area contributed by atoms with Crippen molar-refractivity contribution in [2.75, 3.05) is 0 Å². The smallest absolute Gasteiger partial charge is 0.171 e. The van der Waals surface area contributed by atoms with Crippen LogP contribution in [0, 0.1) is 6.92 Å². The fraction of sp³-hybridized carbons (Fsp3) is 0.333. The van der Waals surface area contributed by atoms with Crippen LogP contribution in [0.5, 0.6) is 0 Å². The zero-order chi connectivity index (χ0) is 11.3. The second-order valence-electron chi connectivity index (χ2n) is 4.51. The van der Waals surface area contributed by atoms with Gasteiger partial charge >= 0.3 is 0 Å². The van der Waals surface area contributed by atoms with Gasteiger partial charge in [0.2, 0.25) is 0 Å². The number of nitrogens with zero attached hydrogens (tertiary/aromatic N) is 3. The maximum atomic E-state index is 4.54. The maximum absolute atomic E-state index is 4.54. The predicted octanol–water partition coefficient (Wildman–Crippen LogP) is 1.75. The molecule has 0 saturated carbocycles. The van der Waals surface area contributed by atoms with E-state index in [9.17, 15) is 0 Å². The van der Waals surface area contributed by atoms with Crippen molar-refractivity contribution in [1.82, 2.24) is 10.4 Å². The van der Waals surface area contributed by atoms with Crippen LogP contribution < -0.4 is 5.43 Å². The first-order valence-corrected chi connectivity index (χ1v) is 5.38. The quantitative estimate of drug-likeness (QED) is 0.714. The van der Waals surface area contributed by atoms with Gasteiger partial charge in [0.05, 0.1) is 5.71 Å². The Kier molecular flexibility index (Phi) is 1.67. The van der Waals surface area contributed by atoms with E-state index in [1.165, 1.54) is 16.7 Å². The number of aryl methyl sites for hydroxylation is 1. The molecule has 4 heteroatoms. The van der Waals surface area contributed by atoms with Crippen LogP contribution >= 0.6 is 0 Å². The summed E-state index contributed by atoms with van der Waals surface area (Å²) in [5.41, 5.74) is 7.51. The van der Waals surface area contributed by atoms with Crippen LogP contribution in [0.1, 0.15) is 30.5 Å². The molecule has 0 aromatic heterocycles. The van der Waals surface area contributed by atoms with Gasteiger partial charge in [0.25, 0.3) is 0 Å². The number of hydrogen-bond acceptors (Lipinski definition) is 4. The number of rotatable bonds is 0. The molecule has 1 N–H and O–H groups in total. The highest BCUT2D eigenvalue weighted by molar-refractivity contribution is 6.01. The van der Waals surface area contributed by atoms with E-state index in [4.69, 9.17) is 0 Å². The molecule has 16 heavy (non-hydrogen) atoms. The van der Waals surface area contributed by atoms with E-state index in [2.05, 4.69) is 47.7 Å². The van der Waals surface area contributed by atoms with Crippen LogP contribution in [-0.4, -0.2) is 17.1 Å². The number of nitrogens with one attached hydrogen (secondary N) is 1. The van der Waals surface area contributed by atoms with Crippen molar-refractivity contribution in [1.29, 1.82) is 0 Å². The molecule has 0 spiro atoms. The average molecular weight is 214 g/mol. The van der Waals surface area contributed by atoms with E-state index in [1.807, 2.05) is 11.9 Å².